The molecule has 24 nitrogen and oxygen atoms in total. The number of esters is 2. The fourth-order valence-corrected chi connectivity index (χ4v) is 10.3. The van der Waals surface area contributed by atoms with Crippen LogP contribution in [0.25, 0.3) is 66.8 Å². The van der Waals surface area contributed by atoms with Crippen LogP contribution in [0, 0.1) is 0 Å². The second-order valence-corrected chi connectivity index (χ2v) is 22.8. The third-order valence-corrected chi connectivity index (χ3v) is 15.4. The number of phenolic OH excluding ortho intramolecular Hbond substituents is 1. The van der Waals surface area contributed by atoms with Crippen molar-refractivity contribution in [1.29, 1.82) is 0 Å². The van der Waals surface area contributed by atoms with Crippen LogP contribution >= 0.6 is 0 Å². The van der Waals surface area contributed by atoms with Gasteiger partial charge in [0.25, 0.3) is 11.8 Å². The molecule has 484 valence electrons. The second-order valence-electron chi connectivity index (χ2n) is 22.8. The zero-order chi connectivity index (χ0) is 69.0. The molecule has 3 N–H and O–H groups in total. The average molecular weight is 1290 g/mol. The Kier molecular flexibility index (Phi) is 19.4. The quantitative estimate of drug-likeness (QED) is 0.0414. The minimum atomic E-state index is -1.51. The van der Waals surface area contributed by atoms with Crippen LogP contribution in [0.1, 0.15) is 85.3 Å². The molecule has 6 aromatic carbocycles. The molecular weight excluding hydrogens is 1220 g/mol. The molecule has 2 aliphatic carbocycles. The van der Waals surface area contributed by atoms with E-state index >= 15 is 0 Å². The number of imide groups is 1. The summed E-state index contributed by atoms with van der Waals surface area (Å²) in [4.78, 5) is 116. The number of carbonyl (C=O) groups is 9. The molecule has 0 saturated carbocycles. The highest BCUT2D eigenvalue weighted by molar-refractivity contribution is 6.16. The molecule has 6 aliphatic rings. The lowest BCUT2D eigenvalue weighted by Crippen LogP contribution is -2.32. The Bertz CT molecular complexity index is 4900. The van der Waals surface area contributed by atoms with E-state index in [9.17, 15) is 58.5 Å². The number of anilines is 3. The number of rotatable bonds is 11. The Morgan fingerprint density at radius 1 is 0.474 bits per heavy atom. The molecule has 0 aromatic heterocycles. The third kappa shape index (κ3) is 14.4. The van der Waals surface area contributed by atoms with Gasteiger partial charge in [-0.15, -0.1) is 5.06 Å². The van der Waals surface area contributed by atoms with Crippen LogP contribution in [0.4, 0.5) is 17.1 Å². The van der Waals surface area contributed by atoms with E-state index in [1.54, 1.807) is 12.1 Å². The van der Waals surface area contributed by atoms with E-state index < -0.39 is 53.6 Å². The summed E-state index contributed by atoms with van der Waals surface area (Å²) in [5.41, 5.74) is 6.69. The van der Waals surface area contributed by atoms with Gasteiger partial charge in [0.15, 0.2) is 0 Å². The number of carbonyl (C=O) groups excluding carboxylic acids is 7. The summed E-state index contributed by atoms with van der Waals surface area (Å²) in [6, 6.07) is 41.5. The number of aromatic carboxylic acids is 4. The number of carboxylic acids is 4. The largest absolute Gasteiger partial charge is 0.545 e. The Morgan fingerprint density at radius 2 is 0.926 bits per heavy atom. The molecule has 4 heterocycles. The number of fused-ring (bicyclic) bond motifs is 5. The van der Waals surface area contributed by atoms with Crippen molar-refractivity contribution in [3.8, 4) is 50.7 Å². The first-order valence-corrected chi connectivity index (χ1v) is 29.0. The maximum atomic E-state index is 12.7. The summed E-state index contributed by atoms with van der Waals surface area (Å²) in [5, 5.41) is 54.8. The fourth-order valence-electron chi connectivity index (χ4n) is 10.3. The highest BCUT2D eigenvalue weighted by Crippen LogP contribution is 2.44. The molecule has 1 saturated heterocycles. The van der Waals surface area contributed by atoms with Crippen molar-refractivity contribution < 1.29 is 87.1 Å². The predicted octanol–water partition coefficient (Wildman–Crippen LogP) is 6.40. The van der Waals surface area contributed by atoms with Gasteiger partial charge < -0.3 is 68.2 Å². The van der Waals surface area contributed by atoms with E-state index in [4.69, 9.17) is 23.9 Å². The van der Waals surface area contributed by atoms with E-state index in [0.717, 1.165) is 56.9 Å². The molecule has 6 aromatic rings. The number of carboxylic acid groups (broad SMARTS) is 4. The van der Waals surface area contributed by atoms with Gasteiger partial charge in [-0.25, -0.2) is 33.1 Å². The Morgan fingerprint density at radius 3 is 1.38 bits per heavy atom. The standard InChI is InChI=1S/C29H25N3O7.C25H22N2O5.C9H4O5.C8H11NO/c1-30(2)17-6-9-20-23(14-17)38-24-15-18(31(3)4)7-10-21(24)27(20)19-8-5-16(13-22(19)28(35)36)29(37)39-32-25(33)11-12-26(32)34;1-26(2)15-6-9-18-21(12-15)32-22-13-16(27(3)4)7-10-19(22)23(18)17-8-5-14(24(28)29)11-20(17)25(30)31;10-7(11)4-1-2-5-6(3-4)9(13)14-8(5)12;1-9(2)7-4-3-5-8(10)6-7/h5-10,13-15H,11-12H2,1-4H3;5-13H,1-4H3,(H-,28,29,30,31);1-3H,(H,10,11);3-6,10H,1-2H3. The van der Waals surface area contributed by atoms with Crippen molar-refractivity contribution >= 4 is 92.6 Å². The van der Waals surface area contributed by atoms with Crippen LogP contribution in [0.15, 0.2) is 160 Å². The van der Waals surface area contributed by atoms with E-state index in [1.807, 2.05) is 179 Å². The first kappa shape index (κ1) is 66.9. The molecule has 0 radical (unpaired) electrons. The maximum absolute atomic E-state index is 12.7. The molecule has 24 heteroatoms. The summed E-state index contributed by atoms with van der Waals surface area (Å²) in [6.07, 6.45) is -0.112. The number of cyclic esters (lactones) is 2. The molecule has 95 heavy (non-hydrogen) atoms. The summed E-state index contributed by atoms with van der Waals surface area (Å²) >= 11 is 0. The first-order valence-electron chi connectivity index (χ1n) is 29.0. The number of ether oxygens (including phenoxy) is 1. The van der Waals surface area contributed by atoms with Gasteiger partial charge in [-0.1, -0.05) is 24.3 Å². The van der Waals surface area contributed by atoms with E-state index in [1.165, 1.54) is 36.4 Å². The summed E-state index contributed by atoms with van der Waals surface area (Å²) in [5.74, 6) is -7.70. The van der Waals surface area contributed by atoms with Crippen molar-refractivity contribution in [2.45, 2.75) is 12.8 Å². The number of hydroxylamine groups is 2. The molecule has 4 aliphatic heterocycles. The van der Waals surface area contributed by atoms with Gasteiger partial charge in [0.1, 0.15) is 56.6 Å². The van der Waals surface area contributed by atoms with Crippen LogP contribution < -0.4 is 44.8 Å². The minimum absolute atomic E-state index is 0.00917. The molecule has 0 unspecified atom stereocenters. The number of hydrogen-bond donors (Lipinski definition) is 3. The van der Waals surface area contributed by atoms with Gasteiger partial charge in [-0.3, -0.25) is 9.59 Å². The number of amides is 2. The Labute approximate surface area is 541 Å². The van der Waals surface area contributed by atoms with E-state index in [2.05, 4.69) is 4.74 Å². The van der Waals surface area contributed by atoms with Crippen molar-refractivity contribution in [2.75, 3.05) is 85.2 Å². The lowest BCUT2D eigenvalue weighted by molar-refractivity contribution is -0.256. The first-order chi connectivity index (χ1) is 45.0. The Hall–Kier alpha value is -12.5. The third-order valence-electron chi connectivity index (χ3n) is 15.4. The highest BCUT2D eigenvalue weighted by Gasteiger charge is 2.34. The van der Waals surface area contributed by atoms with Crippen molar-refractivity contribution in [2.24, 2.45) is 0 Å². The lowest BCUT2D eigenvalue weighted by atomic mass is 9.89. The molecule has 12 rings (SSSR count). The SMILES string of the molecule is CN(C)c1ccc2c(-c3ccc(C(=O)ON4C(=O)CCC4=O)cc3C(=O)[O-])c3ccc(=[N+](C)C)cc-3oc2c1.CN(C)c1ccc2c(-c3ccc(C(=O)[O-])cc3C(=O)O)c3ccc(=[N+](C)C)cc-3oc2c1.CN(C)c1cccc(O)c1.O=C(O)c1ccc2c(c1)C(=O)OC2=O. The second kappa shape index (κ2) is 27.6. The summed E-state index contributed by atoms with van der Waals surface area (Å²) in [7, 11) is 19.2. The van der Waals surface area contributed by atoms with E-state index in [0.29, 0.717) is 66.7 Å². The van der Waals surface area contributed by atoms with Gasteiger partial charge >= 0.3 is 29.8 Å². The van der Waals surface area contributed by atoms with Gasteiger partial charge in [-0.2, -0.15) is 0 Å². The van der Waals surface area contributed by atoms with Crippen LogP contribution in [0.3, 0.4) is 0 Å². The highest BCUT2D eigenvalue weighted by atomic mass is 16.7. The lowest BCUT2D eigenvalue weighted by Gasteiger charge is -2.20. The fraction of sp³-hybridized carbons (Fsp3) is 0.169. The molecule has 2 amide bonds. The van der Waals surface area contributed by atoms with Gasteiger partial charge in [0.05, 0.1) is 51.9 Å². The number of phenols is 1. The monoisotopic (exact) mass is 1290 g/mol. The Balaban J connectivity index is 0.000000168. The van der Waals surface area contributed by atoms with Crippen molar-refractivity contribution in [3.63, 3.8) is 0 Å². The molecular formula is C71H62N6O18. The van der Waals surface area contributed by atoms with Crippen molar-refractivity contribution in [3.05, 3.63) is 201 Å². The molecule has 0 atom stereocenters. The van der Waals surface area contributed by atoms with Gasteiger partial charge in [0, 0.05) is 141 Å². The zero-order valence-electron chi connectivity index (χ0n) is 53.0. The molecule has 0 spiro atoms. The van der Waals surface area contributed by atoms with Crippen molar-refractivity contribution in [1.82, 2.24) is 14.2 Å². The smallest absolute Gasteiger partial charge is 0.363 e. The number of nitrogens with zero attached hydrogens (tertiary/aromatic N) is 6. The predicted molar refractivity (Wildman–Crippen MR) is 347 cm³/mol. The van der Waals surface area contributed by atoms with Crippen LogP contribution in [0.2, 0.25) is 0 Å². The zero-order valence-corrected chi connectivity index (χ0v) is 53.0. The van der Waals surface area contributed by atoms with Crippen LogP contribution in [0.5, 0.6) is 5.75 Å². The number of benzene rings is 8. The van der Waals surface area contributed by atoms with Gasteiger partial charge in [0.2, 0.25) is 10.7 Å². The van der Waals surface area contributed by atoms with Crippen LogP contribution in [-0.2, 0) is 19.2 Å². The topological polar surface area (TPSA) is 324 Å². The van der Waals surface area contributed by atoms with E-state index in [-0.39, 0.29) is 51.8 Å². The maximum Gasteiger partial charge on any atom is 0.363 e. The number of aromatic hydroxyl groups is 1. The normalized spacial score (nSPS) is 12.2. The number of hydrogen-bond acceptors (Lipinski definition) is 19. The van der Waals surface area contributed by atoms with Crippen LogP contribution in [-0.4, -0.2) is 144 Å². The molecule has 0 bridgehead atoms. The minimum Gasteiger partial charge on any atom is -0.545 e. The average Bonchev–Trinajstić information content (AvgIpc) is 1.42. The molecule has 1 fully saturated rings. The van der Waals surface area contributed by atoms with Gasteiger partial charge in [-0.05, 0) is 102 Å². The summed E-state index contributed by atoms with van der Waals surface area (Å²) < 4.78 is 20.7. The summed E-state index contributed by atoms with van der Waals surface area (Å²) in [6.45, 7) is 0.